The summed E-state index contributed by atoms with van der Waals surface area (Å²) in [5.41, 5.74) is 6.99. The molecule has 0 spiro atoms. The Morgan fingerprint density at radius 3 is 2.64 bits per heavy atom. The summed E-state index contributed by atoms with van der Waals surface area (Å²) in [5, 5.41) is 1.44. The summed E-state index contributed by atoms with van der Waals surface area (Å²) in [6, 6.07) is 11.6. The van der Waals surface area contributed by atoms with Crippen LogP contribution in [0.25, 0.3) is 10.8 Å². The molecule has 134 valence electrons. The minimum absolute atomic E-state index is 0.336. The lowest BCUT2D eigenvalue weighted by molar-refractivity contribution is 0.108. The topological polar surface area (TPSA) is 75.4 Å². The molecule has 1 aliphatic rings. The van der Waals surface area contributed by atoms with Gasteiger partial charge in [-0.15, -0.1) is 0 Å². The molecule has 0 heterocycles. The zero-order valence-electron chi connectivity index (χ0n) is 14.7. The number of nitrogens with one attached hydrogen (secondary N) is 1. The predicted octanol–water partition coefficient (Wildman–Crippen LogP) is 2.28. The zero-order chi connectivity index (χ0) is 18.0. The Morgan fingerprint density at radius 2 is 1.96 bits per heavy atom. The van der Waals surface area contributed by atoms with E-state index in [0.29, 0.717) is 18.7 Å². The summed E-state index contributed by atoms with van der Waals surface area (Å²) < 4.78 is 14.8. The number of hydrogen-bond acceptors (Lipinski definition) is 4. The van der Waals surface area contributed by atoms with Crippen LogP contribution in [0.3, 0.4) is 0 Å². The number of hydrogen-bond donors (Lipinski definition) is 2. The maximum absolute atomic E-state index is 12.6. The molecule has 3 rings (SSSR count). The number of anilines is 1. The van der Waals surface area contributed by atoms with Gasteiger partial charge in [0.15, 0.2) is 11.0 Å². The van der Waals surface area contributed by atoms with Crippen molar-refractivity contribution in [2.45, 2.75) is 13.3 Å². The van der Waals surface area contributed by atoms with Crippen LogP contribution in [0.5, 0.6) is 0 Å². The first-order chi connectivity index (χ1) is 12.0. The first kappa shape index (κ1) is 18.0. The molecule has 3 atom stereocenters. The van der Waals surface area contributed by atoms with Crippen molar-refractivity contribution in [3.05, 3.63) is 42.0 Å². The number of benzene rings is 2. The molecule has 6 heteroatoms. The highest BCUT2D eigenvalue weighted by atomic mass is 32.2. The summed E-state index contributed by atoms with van der Waals surface area (Å²) in [5.74, 6) is 1.55. The van der Waals surface area contributed by atoms with Crippen LogP contribution in [0.2, 0.25) is 0 Å². The van der Waals surface area contributed by atoms with Gasteiger partial charge in [0.2, 0.25) is 0 Å². The number of carbonyl (C=O) groups excluding carboxylic acids is 1. The number of nitrogens with zero attached hydrogens (tertiary/aromatic N) is 1. The van der Waals surface area contributed by atoms with Gasteiger partial charge in [-0.1, -0.05) is 31.2 Å². The third-order valence-corrected chi connectivity index (χ3v) is 5.88. The minimum atomic E-state index is -1.78. The van der Waals surface area contributed by atoms with Crippen molar-refractivity contribution in [2.75, 3.05) is 31.6 Å². The average Bonchev–Trinajstić information content (AvgIpc) is 3.32. The van der Waals surface area contributed by atoms with Crippen molar-refractivity contribution in [1.29, 1.82) is 0 Å². The van der Waals surface area contributed by atoms with Crippen LogP contribution in [-0.4, -0.2) is 36.0 Å². The number of rotatable bonds is 7. The Labute approximate surface area is 151 Å². The van der Waals surface area contributed by atoms with Gasteiger partial charge in [-0.25, -0.2) is 8.93 Å². The molecular weight excluding hydrogens is 334 g/mol. The second kappa shape index (κ2) is 7.64. The van der Waals surface area contributed by atoms with Crippen LogP contribution >= 0.6 is 0 Å². The lowest BCUT2D eigenvalue weighted by Gasteiger charge is -2.22. The Morgan fingerprint density at radius 1 is 1.28 bits per heavy atom. The third-order valence-electron chi connectivity index (χ3n) is 4.86. The Balaban J connectivity index is 1.92. The molecule has 5 nitrogen and oxygen atoms in total. The van der Waals surface area contributed by atoms with Gasteiger partial charge in [-0.05, 0) is 35.8 Å². The van der Waals surface area contributed by atoms with Gasteiger partial charge >= 0.3 is 0 Å². The first-order valence-electron chi connectivity index (χ1n) is 8.65. The van der Waals surface area contributed by atoms with Gasteiger partial charge in [-0.2, -0.15) is 0 Å². The number of carbonyl (C=O) groups is 1. The van der Waals surface area contributed by atoms with Crippen LogP contribution in [0.4, 0.5) is 5.69 Å². The molecule has 1 aliphatic carbocycles. The summed E-state index contributed by atoms with van der Waals surface area (Å²) in [6.45, 7) is 3.98. The Kier molecular flexibility index (Phi) is 5.51. The quantitative estimate of drug-likeness (QED) is 0.795. The monoisotopic (exact) mass is 359 g/mol. The van der Waals surface area contributed by atoms with E-state index < -0.39 is 16.1 Å². The van der Waals surface area contributed by atoms with Crippen LogP contribution in [-0.2, 0) is 11.0 Å². The van der Waals surface area contributed by atoms with Crippen LogP contribution < -0.4 is 15.4 Å². The summed E-state index contributed by atoms with van der Waals surface area (Å²) >= 11 is 0. The van der Waals surface area contributed by atoms with E-state index in [1.165, 1.54) is 6.42 Å². The van der Waals surface area contributed by atoms with E-state index in [9.17, 15) is 9.00 Å². The molecule has 0 aliphatic heterocycles. The second-order valence-electron chi connectivity index (χ2n) is 6.77. The Hall–Kier alpha value is -1.76. The molecule has 1 saturated carbocycles. The summed E-state index contributed by atoms with van der Waals surface area (Å²) in [7, 11) is 0.317. The summed E-state index contributed by atoms with van der Waals surface area (Å²) in [6.07, 6.45) is 1.28. The highest BCUT2D eigenvalue weighted by Crippen LogP contribution is 2.39. The van der Waals surface area contributed by atoms with Crippen LogP contribution in [0, 0.1) is 11.8 Å². The van der Waals surface area contributed by atoms with Crippen molar-refractivity contribution in [1.82, 2.24) is 4.72 Å². The largest absolute Gasteiger partial charge is 0.374 e. The molecule has 25 heavy (non-hydrogen) atoms. The fourth-order valence-corrected chi connectivity index (χ4v) is 4.04. The average molecular weight is 359 g/mol. The van der Waals surface area contributed by atoms with Crippen molar-refractivity contribution in [3.63, 3.8) is 0 Å². The molecule has 2 aromatic rings. The van der Waals surface area contributed by atoms with Gasteiger partial charge in [0.05, 0.1) is 0 Å². The molecule has 0 bridgehead atoms. The van der Waals surface area contributed by atoms with Crippen LogP contribution in [0.15, 0.2) is 36.4 Å². The minimum Gasteiger partial charge on any atom is -0.374 e. The molecule has 0 aromatic heterocycles. The predicted molar refractivity (Wildman–Crippen MR) is 104 cm³/mol. The van der Waals surface area contributed by atoms with Gasteiger partial charge in [-0.3, -0.25) is 4.79 Å². The fraction of sp³-hybridized carbons (Fsp3) is 0.421. The maximum atomic E-state index is 12.6. The summed E-state index contributed by atoms with van der Waals surface area (Å²) in [4.78, 5) is 14.8. The van der Waals surface area contributed by atoms with Crippen molar-refractivity contribution >= 4 is 32.6 Å². The molecule has 0 radical (unpaired) electrons. The highest BCUT2D eigenvalue weighted by molar-refractivity contribution is 7.99. The first-order valence-corrected chi connectivity index (χ1v) is 9.80. The van der Waals surface area contributed by atoms with Crippen LogP contribution in [0.1, 0.15) is 23.7 Å². The van der Waals surface area contributed by atoms with Gasteiger partial charge in [0.25, 0.3) is 5.12 Å². The van der Waals surface area contributed by atoms with E-state index in [-0.39, 0.29) is 0 Å². The SMILES string of the molecule is CC1C[C@@H]1CN(C)c1cccc2c(C(=O)S(=O)NCCN)cccc12. The molecule has 0 saturated heterocycles. The molecule has 2 unspecified atom stereocenters. The Bertz CT molecular complexity index is 808. The van der Waals surface area contributed by atoms with Crippen molar-refractivity contribution in [3.8, 4) is 0 Å². The van der Waals surface area contributed by atoms with E-state index in [4.69, 9.17) is 5.73 Å². The van der Waals surface area contributed by atoms with E-state index >= 15 is 0 Å². The molecule has 1 fully saturated rings. The van der Waals surface area contributed by atoms with E-state index in [2.05, 4.69) is 29.7 Å². The highest BCUT2D eigenvalue weighted by Gasteiger charge is 2.33. The molecule has 3 N–H and O–H groups in total. The molecule has 0 amide bonds. The molecule has 2 aromatic carbocycles. The van der Waals surface area contributed by atoms with E-state index in [1.54, 1.807) is 6.07 Å². The van der Waals surface area contributed by atoms with E-state index in [1.807, 2.05) is 24.3 Å². The third kappa shape index (κ3) is 3.92. The normalized spacial score (nSPS) is 20.4. The van der Waals surface area contributed by atoms with Gasteiger partial charge < -0.3 is 10.6 Å². The standard InChI is InChI=1S/C19H25N3O2S/c1-13-11-14(13)12-22(2)18-8-4-5-15-16(18)6-3-7-17(15)19(23)25(24)21-10-9-20/h3-8,13-14,21H,9-12,20H2,1-2H3/t13?,14-,25?/m1/s1. The fourth-order valence-electron chi connectivity index (χ4n) is 3.22. The lowest BCUT2D eigenvalue weighted by atomic mass is 10.0. The molecular formula is C19H25N3O2S. The van der Waals surface area contributed by atoms with Gasteiger partial charge in [0.1, 0.15) is 0 Å². The van der Waals surface area contributed by atoms with Crippen molar-refractivity contribution in [2.24, 2.45) is 17.6 Å². The lowest BCUT2D eigenvalue weighted by Crippen LogP contribution is -2.29. The maximum Gasteiger partial charge on any atom is 0.264 e. The number of fused-ring (bicyclic) bond motifs is 1. The van der Waals surface area contributed by atoms with Crippen molar-refractivity contribution < 1.29 is 9.00 Å². The van der Waals surface area contributed by atoms with E-state index in [0.717, 1.165) is 34.8 Å². The smallest absolute Gasteiger partial charge is 0.264 e. The number of nitrogens with two attached hydrogens (primary N) is 1. The van der Waals surface area contributed by atoms with Gasteiger partial charge in [0, 0.05) is 43.3 Å². The zero-order valence-corrected chi connectivity index (χ0v) is 15.5. The second-order valence-corrected chi connectivity index (χ2v) is 7.97.